The first kappa shape index (κ1) is 21.0. The summed E-state index contributed by atoms with van der Waals surface area (Å²) in [5.74, 6) is 0.976. The Bertz CT molecular complexity index is 900. The van der Waals surface area contributed by atoms with Crippen molar-refractivity contribution in [1.29, 1.82) is 0 Å². The highest BCUT2D eigenvalue weighted by Gasteiger charge is 2.19. The molecule has 27 heavy (non-hydrogen) atoms. The first-order chi connectivity index (χ1) is 12.8. The highest BCUT2D eigenvalue weighted by molar-refractivity contribution is 7.89. The van der Waals surface area contributed by atoms with Crippen molar-refractivity contribution >= 4 is 27.5 Å². The lowest BCUT2D eigenvalue weighted by Crippen LogP contribution is -2.31. The van der Waals surface area contributed by atoms with Gasteiger partial charge in [0.2, 0.25) is 10.0 Å². The average Bonchev–Trinajstić information content (AvgIpc) is 2.68. The summed E-state index contributed by atoms with van der Waals surface area (Å²) in [5.41, 5.74) is 0.111. The van der Waals surface area contributed by atoms with E-state index in [1.807, 2.05) is 0 Å². The van der Waals surface area contributed by atoms with Crippen LogP contribution < -0.4 is 14.2 Å². The molecule has 7 nitrogen and oxygen atoms in total. The van der Waals surface area contributed by atoms with Crippen molar-refractivity contribution in [2.45, 2.75) is 4.90 Å². The molecular weight excluding hydrogens is 392 g/mol. The van der Waals surface area contributed by atoms with Crippen molar-refractivity contribution in [1.82, 2.24) is 9.62 Å². The Morgan fingerprint density at radius 1 is 1.15 bits per heavy atom. The fourth-order valence-electron chi connectivity index (χ4n) is 2.23. The molecule has 0 unspecified atom stereocenters. The van der Waals surface area contributed by atoms with E-state index in [2.05, 4.69) is 4.72 Å². The number of hydrogen-bond donors (Lipinski definition) is 1. The van der Waals surface area contributed by atoms with Gasteiger partial charge in [0.15, 0.2) is 0 Å². The first-order valence-electron chi connectivity index (χ1n) is 8.04. The number of halogens is 1. The van der Waals surface area contributed by atoms with Gasteiger partial charge in [-0.15, -0.1) is 0 Å². The third-order valence-corrected chi connectivity index (χ3v) is 5.59. The van der Waals surface area contributed by atoms with Crippen LogP contribution in [0.15, 0.2) is 47.4 Å². The topological polar surface area (TPSA) is 84.9 Å². The van der Waals surface area contributed by atoms with Crippen molar-refractivity contribution in [3.8, 4) is 11.5 Å². The van der Waals surface area contributed by atoms with Gasteiger partial charge < -0.3 is 14.4 Å². The van der Waals surface area contributed by atoms with Crippen molar-refractivity contribution in [3.05, 3.63) is 53.1 Å². The van der Waals surface area contributed by atoms with E-state index in [-0.39, 0.29) is 22.1 Å². The Kier molecular flexibility index (Phi) is 7.06. The monoisotopic (exact) mass is 412 g/mol. The van der Waals surface area contributed by atoms with Crippen LogP contribution in [0.25, 0.3) is 0 Å². The Balaban J connectivity index is 2.03. The fraction of sp³-hybridized carbons (Fsp3) is 0.278. The van der Waals surface area contributed by atoms with Gasteiger partial charge in [-0.05, 0) is 49.5 Å². The standard InChI is InChI=1S/C18H21ClN2O5S/c1-20-27(23,24)15-8-9-17(19)16(12-15)18(22)21(2)10-11-26-14-6-4-13(25-3)5-7-14/h4-9,12,20H,10-11H2,1-3H3. The quantitative estimate of drug-likeness (QED) is 0.719. The van der Waals surface area contributed by atoms with Gasteiger partial charge in [-0.25, -0.2) is 13.1 Å². The molecule has 146 valence electrons. The summed E-state index contributed by atoms with van der Waals surface area (Å²) < 4.78 is 36.7. The third kappa shape index (κ3) is 5.35. The number of carbonyl (C=O) groups is 1. The van der Waals surface area contributed by atoms with E-state index in [4.69, 9.17) is 21.1 Å². The molecule has 0 saturated carbocycles. The molecule has 0 aromatic heterocycles. The minimum absolute atomic E-state index is 0.0272. The maximum atomic E-state index is 12.6. The van der Waals surface area contributed by atoms with E-state index >= 15 is 0 Å². The Morgan fingerprint density at radius 3 is 2.37 bits per heavy atom. The fourth-order valence-corrected chi connectivity index (χ4v) is 3.19. The van der Waals surface area contributed by atoms with Crippen LogP contribution in [0.5, 0.6) is 11.5 Å². The van der Waals surface area contributed by atoms with Crippen LogP contribution in [0, 0.1) is 0 Å². The van der Waals surface area contributed by atoms with E-state index in [0.717, 1.165) is 5.75 Å². The van der Waals surface area contributed by atoms with Crippen molar-refractivity contribution in [2.75, 3.05) is 34.4 Å². The first-order valence-corrected chi connectivity index (χ1v) is 9.90. The molecule has 0 radical (unpaired) electrons. The molecule has 0 spiro atoms. The summed E-state index contributed by atoms with van der Waals surface area (Å²) in [4.78, 5) is 14.0. The molecule has 0 aliphatic rings. The number of carbonyl (C=O) groups excluding carboxylic acids is 1. The minimum Gasteiger partial charge on any atom is -0.497 e. The van der Waals surface area contributed by atoms with Crippen LogP contribution in [-0.2, 0) is 10.0 Å². The summed E-state index contributed by atoms with van der Waals surface area (Å²) in [6.45, 7) is 0.560. The van der Waals surface area contributed by atoms with E-state index in [9.17, 15) is 13.2 Å². The maximum Gasteiger partial charge on any atom is 0.255 e. The molecule has 0 atom stereocenters. The highest BCUT2D eigenvalue weighted by atomic mass is 35.5. The SMILES string of the molecule is CNS(=O)(=O)c1ccc(Cl)c(C(=O)N(C)CCOc2ccc(OC)cc2)c1. The van der Waals surface area contributed by atoms with Gasteiger partial charge in [0.05, 0.1) is 29.1 Å². The van der Waals surface area contributed by atoms with Gasteiger partial charge in [-0.3, -0.25) is 4.79 Å². The summed E-state index contributed by atoms with van der Waals surface area (Å²) in [6, 6.07) is 11.1. The molecule has 0 saturated heterocycles. The molecule has 2 aromatic carbocycles. The zero-order chi connectivity index (χ0) is 20.0. The normalized spacial score (nSPS) is 11.1. The summed E-state index contributed by atoms with van der Waals surface area (Å²) in [5, 5.41) is 0.179. The molecule has 0 aliphatic carbocycles. The molecule has 0 aliphatic heterocycles. The van der Waals surface area contributed by atoms with Crippen LogP contribution >= 0.6 is 11.6 Å². The smallest absolute Gasteiger partial charge is 0.255 e. The molecule has 2 aromatic rings. The van der Waals surface area contributed by atoms with Gasteiger partial charge in [0.1, 0.15) is 18.1 Å². The summed E-state index contributed by atoms with van der Waals surface area (Å²) in [6.07, 6.45) is 0. The van der Waals surface area contributed by atoms with Gasteiger partial charge in [-0.1, -0.05) is 11.6 Å². The number of amides is 1. The van der Waals surface area contributed by atoms with Crippen molar-refractivity contribution < 1.29 is 22.7 Å². The van der Waals surface area contributed by atoms with Crippen LogP contribution in [-0.4, -0.2) is 53.6 Å². The number of likely N-dealkylation sites (N-methyl/N-ethyl adjacent to an activating group) is 1. The second kappa shape index (κ2) is 9.07. The molecule has 2 rings (SSSR count). The van der Waals surface area contributed by atoms with Crippen LogP contribution in [0.4, 0.5) is 0 Å². The minimum atomic E-state index is -3.67. The van der Waals surface area contributed by atoms with E-state index in [1.165, 1.54) is 30.1 Å². The number of nitrogens with one attached hydrogen (secondary N) is 1. The molecule has 0 bridgehead atoms. The van der Waals surface area contributed by atoms with Crippen LogP contribution in [0.3, 0.4) is 0 Å². The Labute approximate surface area is 163 Å². The largest absolute Gasteiger partial charge is 0.497 e. The third-order valence-electron chi connectivity index (χ3n) is 3.85. The van der Waals surface area contributed by atoms with Crippen LogP contribution in [0.2, 0.25) is 5.02 Å². The van der Waals surface area contributed by atoms with Crippen molar-refractivity contribution in [3.63, 3.8) is 0 Å². The lowest BCUT2D eigenvalue weighted by Gasteiger charge is -2.19. The predicted molar refractivity (Wildman–Crippen MR) is 103 cm³/mol. The molecule has 1 N–H and O–H groups in total. The Morgan fingerprint density at radius 2 is 1.78 bits per heavy atom. The number of nitrogens with zero attached hydrogens (tertiary/aromatic N) is 1. The number of benzene rings is 2. The lowest BCUT2D eigenvalue weighted by atomic mass is 10.2. The summed E-state index contributed by atoms with van der Waals surface area (Å²) >= 11 is 6.08. The van der Waals surface area contributed by atoms with Crippen LogP contribution in [0.1, 0.15) is 10.4 Å². The van der Waals surface area contributed by atoms with Gasteiger partial charge in [-0.2, -0.15) is 0 Å². The highest BCUT2D eigenvalue weighted by Crippen LogP contribution is 2.22. The van der Waals surface area contributed by atoms with Crippen molar-refractivity contribution in [2.24, 2.45) is 0 Å². The zero-order valence-electron chi connectivity index (χ0n) is 15.2. The number of hydrogen-bond acceptors (Lipinski definition) is 5. The molecule has 9 heteroatoms. The van der Waals surface area contributed by atoms with Gasteiger partial charge >= 0.3 is 0 Å². The van der Waals surface area contributed by atoms with Gasteiger partial charge in [0, 0.05) is 7.05 Å². The number of rotatable bonds is 8. The van der Waals surface area contributed by atoms with Gasteiger partial charge in [0.25, 0.3) is 5.91 Å². The summed E-state index contributed by atoms with van der Waals surface area (Å²) in [7, 11) is 0.804. The molecule has 1 amide bonds. The number of sulfonamides is 1. The van der Waals surface area contributed by atoms with E-state index in [0.29, 0.717) is 12.3 Å². The zero-order valence-corrected chi connectivity index (χ0v) is 16.8. The van der Waals surface area contributed by atoms with E-state index in [1.54, 1.807) is 38.4 Å². The molecule has 0 heterocycles. The predicted octanol–water partition coefficient (Wildman–Crippen LogP) is 2.41. The average molecular weight is 413 g/mol. The number of methoxy groups -OCH3 is 1. The second-order valence-electron chi connectivity index (χ2n) is 5.60. The second-order valence-corrected chi connectivity index (χ2v) is 7.89. The maximum absolute atomic E-state index is 12.6. The molecular formula is C18H21ClN2O5S. The number of ether oxygens (including phenoxy) is 2. The molecule has 0 fully saturated rings. The lowest BCUT2D eigenvalue weighted by molar-refractivity contribution is 0.0773. The Hall–Kier alpha value is -2.29. The van der Waals surface area contributed by atoms with E-state index < -0.39 is 15.9 Å².